The van der Waals surface area contributed by atoms with Crippen LogP contribution in [0.3, 0.4) is 0 Å². The van der Waals surface area contributed by atoms with Crippen LogP contribution in [0.2, 0.25) is 0 Å². The number of carbonyl (C=O) groups excluding carboxylic acids is 1. The van der Waals surface area contributed by atoms with Gasteiger partial charge in [-0.25, -0.2) is 0 Å². The molecule has 1 heterocycles. The zero-order valence-electron chi connectivity index (χ0n) is 11.9. The van der Waals surface area contributed by atoms with Crippen LogP contribution in [0.5, 0.6) is 0 Å². The van der Waals surface area contributed by atoms with E-state index in [9.17, 15) is 4.79 Å². The van der Waals surface area contributed by atoms with Crippen LogP contribution in [0.4, 0.5) is 11.4 Å². The fourth-order valence-electron chi connectivity index (χ4n) is 1.91. The van der Waals surface area contributed by atoms with Crippen molar-refractivity contribution in [3.05, 3.63) is 33.8 Å². The van der Waals surface area contributed by atoms with Crippen molar-refractivity contribution in [3.8, 4) is 0 Å². The van der Waals surface area contributed by atoms with Gasteiger partial charge in [-0.3, -0.25) is 4.79 Å². The molecule has 0 saturated carbocycles. The summed E-state index contributed by atoms with van der Waals surface area (Å²) in [5.41, 5.74) is 10.1. The first-order valence-corrected chi connectivity index (χ1v) is 7.29. The van der Waals surface area contributed by atoms with Gasteiger partial charge < -0.3 is 11.1 Å². The highest BCUT2D eigenvalue weighted by atomic mass is 32.1. The van der Waals surface area contributed by atoms with Crippen LogP contribution in [0.15, 0.2) is 12.1 Å². The van der Waals surface area contributed by atoms with E-state index in [1.54, 1.807) is 0 Å². The van der Waals surface area contributed by atoms with E-state index in [1.807, 2.05) is 32.9 Å². The molecule has 0 radical (unpaired) electrons. The molecule has 6 heteroatoms. The Kier molecular flexibility index (Phi) is 4.34. The van der Waals surface area contributed by atoms with Crippen molar-refractivity contribution in [1.29, 1.82) is 0 Å². The predicted molar refractivity (Wildman–Crippen MR) is 82.2 cm³/mol. The summed E-state index contributed by atoms with van der Waals surface area (Å²) in [5, 5.41) is 6.85. The third-order valence-electron chi connectivity index (χ3n) is 3.16. The van der Waals surface area contributed by atoms with Gasteiger partial charge in [0.05, 0.1) is 17.1 Å². The number of anilines is 2. The second kappa shape index (κ2) is 6.00. The summed E-state index contributed by atoms with van der Waals surface area (Å²) < 4.78 is 3.86. The van der Waals surface area contributed by atoms with E-state index in [1.165, 1.54) is 0 Å². The van der Waals surface area contributed by atoms with Crippen LogP contribution in [-0.4, -0.2) is 15.5 Å². The number of rotatable bonds is 4. The van der Waals surface area contributed by atoms with Crippen LogP contribution in [0, 0.1) is 13.8 Å². The van der Waals surface area contributed by atoms with E-state index in [0.29, 0.717) is 16.3 Å². The Labute approximate surface area is 122 Å². The minimum atomic E-state index is -0.196. The molecule has 106 valence electrons. The molecule has 3 N–H and O–H groups in total. The van der Waals surface area contributed by atoms with Crippen LogP contribution >= 0.6 is 11.5 Å². The third-order valence-corrected chi connectivity index (χ3v) is 3.93. The Morgan fingerprint density at radius 3 is 2.75 bits per heavy atom. The molecule has 0 aliphatic rings. The van der Waals surface area contributed by atoms with Crippen molar-refractivity contribution >= 4 is 28.8 Å². The average molecular weight is 290 g/mol. The molecule has 0 unspecified atom stereocenters. The number of nitrogens with zero attached hydrogens (tertiary/aromatic N) is 2. The Morgan fingerprint density at radius 2 is 2.05 bits per heavy atom. The molecule has 0 aliphatic carbocycles. The van der Waals surface area contributed by atoms with Gasteiger partial charge in [-0.2, -0.15) is 0 Å². The number of benzene rings is 1. The summed E-state index contributed by atoms with van der Waals surface area (Å²) in [7, 11) is 0. The largest absolute Gasteiger partial charge is 0.397 e. The molecular weight excluding hydrogens is 272 g/mol. The predicted octanol–water partition coefficient (Wildman–Crippen LogP) is 2.94. The SMILES string of the molecule is CCCc1nnsc1C(=O)Nc1cc(C)c(C)cc1N. The average Bonchev–Trinajstić information content (AvgIpc) is 2.84. The van der Waals surface area contributed by atoms with Gasteiger partial charge in [0.2, 0.25) is 0 Å². The second-order valence-corrected chi connectivity index (χ2v) is 5.53. The minimum Gasteiger partial charge on any atom is -0.397 e. The maximum Gasteiger partial charge on any atom is 0.269 e. The zero-order chi connectivity index (χ0) is 14.7. The maximum atomic E-state index is 12.3. The lowest BCUT2D eigenvalue weighted by molar-refractivity contribution is 0.102. The topological polar surface area (TPSA) is 80.9 Å². The lowest BCUT2D eigenvalue weighted by atomic mass is 10.1. The Bertz CT molecular complexity index is 636. The molecule has 5 nitrogen and oxygen atoms in total. The van der Waals surface area contributed by atoms with E-state index < -0.39 is 0 Å². The minimum absolute atomic E-state index is 0.196. The van der Waals surface area contributed by atoms with Gasteiger partial charge in [0.15, 0.2) is 0 Å². The van der Waals surface area contributed by atoms with E-state index >= 15 is 0 Å². The van der Waals surface area contributed by atoms with E-state index in [0.717, 1.165) is 41.2 Å². The second-order valence-electron chi connectivity index (χ2n) is 4.78. The summed E-state index contributed by atoms with van der Waals surface area (Å²) in [6.07, 6.45) is 1.68. The molecular formula is C14H18N4OS. The number of aromatic nitrogens is 2. The van der Waals surface area contributed by atoms with Gasteiger partial charge in [0.25, 0.3) is 5.91 Å². The van der Waals surface area contributed by atoms with Crippen LogP contribution in [0.1, 0.15) is 39.8 Å². The van der Waals surface area contributed by atoms with E-state index in [-0.39, 0.29) is 5.91 Å². The Morgan fingerprint density at radius 1 is 1.35 bits per heavy atom. The first-order valence-electron chi connectivity index (χ1n) is 6.52. The first-order chi connectivity index (χ1) is 9.52. The van der Waals surface area contributed by atoms with Crippen molar-refractivity contribution in [2.45, 2.75) is 33.6 Å². The number of hydrogen-bond donors (Lipinski definition) is 2. The first kappa shape index (κ1) is 14.5. The lowest BCUT2D eigenvalue weighted by Crippen LogP contribution is -2.14. The molecule has 1 aromatic heterocycles. The zero-order valence-corrected chi connectivity index (χ0v) is 12.7. The molecule has 0 fully saturated rings. The number of hydrogen-bond acceptors (Lipinski definition) is 5. The summed E-state index contributed by atoms with van der Waals surface area (Å²) >= 11 is 1.12. The van der Waals surface area contributed by atoms with Gasteiger partial charge in [-0.1, -0.05) is 17.8 Å². The lowest BCUT2D eigenvalue weighted by Gasteiger charge is -2.10. The number of nitrogens with one attached hydrogen (secondary N) is 1. The number of nitrogens with two attached hydrogens (primary N) is 1. The van der Waals surface area contributed by atoms with Crippen molar-refractivity contribution in [1.82, 2.24) is 9.59 Å². The van der Waals surface area contributed by atoms with Crippen molar-refractivity contribution in [3.63, 3.8) is 0 Å². The van der Waals surface area contributed by atoms with Crippen molar-refractivity contribution in [2.75, 3.05) is 11.1 Å². The molecule has 0 atom stereocenters. The molecule has 20 heavy (non-hydrogen) atoms. The third kappa shape index (κ3) is 2.96. The molecule has 0 aliphatic heterocycles. The summed E-state index contributed by atoms with van der Waals surface area (Å²) in [6, 6.07) is 3.75. The summed E-state index contributed by atoms with van der Waals surface area (Å²) in [4.78, 5) is 12.8. The fourth-order valence-corrected chi connectivity index (χ4v) is 2.51. The van der Waals surface area contributed by atoms with Gasteiger partial charge in [-0.15, -0.1) is 5.10 Å². The molecule has 1 aromatic carbocycles. The summed E-state index contributed by atoms with van der Waals surface area (Å²) in [6.45, 7) is 6.02. The molecule has 2 rings (SSSR count). The highest BCUT2D eigenvalue weighted by Gasteiger charge is 2.16. The van der Waals surface area contributed by atoms with Gasteiger partial charge >= 0.3 is 0 Å². The van der Waals surface area contributed by atoms with Gasteiger partial charge in [-0.05, 0) is 55.1 Å². The maximum absolute atomic E-state index is 12.3. The molecule has 0 bridgehead atoms. The normalized spacial score (nSPS) is 10.6. The van der Waals surface area contributed by atoms with E-state index in [4.69, 9.17) is 5.73 Å². The van der Waals surface area contributed by atoms with Gasteiger partial charge in [0.1, 0.15) is 4.88 Å². The number of nitrogen functional groups attached to an aromatic ring is 1. The Hall–Kier alpha value is -1.95. The Balaban J connectivity index is 2.23. The van der Waals surface area contributed by atoms with Crippen molar-refractivity contribution in [2.24, 2.45) is 0 Å². The number of carbonyl (C=O) groups is 1. The quantitative estimate of drug-likeness (QED) is 0.848. The van der Waals surface area contributed by atoms with Gasteiger partial charge in [0, 0.05) is 0 Å². The number of aryl methyl sites for hydroxylation is 3. The smallest absolute Gasteiger partial charge is 0.269 e. The highest BCUT2D eigenvalue weighted by Crippen LogP contribution is 2.24. The van der Waals surface area contributed by atoms with Crippen LogP contribution in [-0.2, 0) is 6.42 Å². The van der Waals surface area contributed by atoms with Crippen LogP contribution < -0.4 is 11.1 Å². The summed E-state index contributed by atoms with van der Waals surface area (Å²) in [5.74, 6) is -0.196. The van der Waals surface area contributed by atoms with Crippen LogP contribution in [0.25, 0.3) is 0 Å². The number of amides is 1. The standard InChI is InChI=1S/C14H18N4OS/c1-4-5-11-13(20-18-17-11)14(19)16-12-7-9(3)8(2)6-10(12)15/h6-7H,4-5,15H2,1-3H3,(H,16,19). The molecule has 2 aromatic rings. The monoisotopic (exact) mass is 290 g/mol. The van der Waals surface area contributed by atoms with E-state index in [2.05, 4.69) is 14.9 Å². The molecule has 0 spiro atoms. The highest BCUT2D eigenvalue weighted by molar-refractivity contribution is 7.08. The molecule has 1 amide bonds. The fraction of sp³-hybridized carbons (Fsp3) is 0.357. The molecule has 0 saturated heterocycles. The van der Waals surface area contributed by atoms with Crippen molar-refractivity contribution < 1.29 is 4.79 Å².